The highest BCUT2D eigenvalue weighted by molar-refractivity contribution is 7.17. The summed E-state index contributed by atoms with van der Waals surface area (Å²) in [7, 11) is 0. The van der Waals surface area contributed by atoms with E-state index in [2.05, 4.69) is 30.5 Å². The van der Waals surface area contributed by atoms with Gasteiger partial charge in [0.15, 0.2) is 5.13 Å². The number of rotatable bonds is 9. The Morgan fingerprint density at radius 3 is 2.40 bits per heavy atom. The normalized spacial score (nSPS) is 14.1. The van der Waals surface area contributed by atoms with Gasteiger partial charge in [-0.1, -0.05) is 23.5 Å². The smallest absolute Gasteiger partial charge is 0.347 e. The number of hydrogen-bond acceptors (Lipinski definition) is 10. The second kappa shape index (κ2) is 10.7. The van der Waals surface area contributed by atoms with Gasteiger partial charge in [0.2, 0.25) is 5.95 Å². The van der Waals surface area contributed by atoms with Gasteiger partial charge in [-0.3, -0.25) is 5.32 Å². The fourth-order valence-electron chi connectivity index (χ4n) is 3.79. The summed E-state index contributed by atoms with van der Waals surface area (Å²) in [5.41, 5.74) is 1.51. The predicted octanol–water partition coefficient (Wildman–Crippen LogP) is 3.20. The summed E-state index contributed by atoms with van der Waals surface area (Å²) >= 11 is 1.02. The number of carboxylic acids is 2. The molecule has 3 heterocycles. The number of carbonyl (C=O) groups is 2. The molecule has 4 rings (SSSR count). The van der Waals surface area contributed by atoms with Crippen LogP contribution in [0, 0.1) is 12.8 Å². The molecular formula is C23H26N6O5S. The molecule has 0 radical (unpaired) electrons. The maximum absolute atomic E-state index is 11.4. The molecule has 11 nitrogen and oxygen atoms in total. The highest BCUT2D eigenvalue weighted by atomic mass is 32.1. The first-order chi connectivity index (χ1) is 16.8. The van der Waals surface area contributed by atoms with Gasteiger partial charge in [-0.05, 0) is 43.4 Å². The third-order valence-electron chi connectivity index (χ3n) is 5.79. The lowest BCUT2D eigenvalue weighted by atomic mass is 9.98. The minimum atomic E-state index is -1.04. The summed E-state index contributed by atoms with van der Waals surface area (Å²) in [5.74, 6) is -0.198. The number of aliphatic hydroxyl groups is 1. The standard InChI is InChI=1S/C23H26N6O5S/c1-13-19(21(33)34)35-23(25-13)28-22-26-17(24-11-14-2-4-16(5-3-14)20(31)32)10-18(27-22)29-8-6-15(12-30)7-9-29/h2-5,10,15,30H,6-9,11-12H2,1H3,(H,31,32)(H,33,34)(H2,24,25,26,27,28). The zero-order valence-corrected chi connectivity index (χ0v) is 19.9. The fraction of sp³-hybridized carbons (Fsp3) is 0.348. The molecule has 0 atom stereocenters. The summed E-state index contributed by atoms with van der Waals surface area (Å²) in [6, 6.07) is 8.42. The van der Waals surface area contributed by atoms with E-state index in [4.69, 9.17) is 5.11 Å². The Hall–Kier alpha value is -3.77. The molecule has 1 aliphatic heterocycles. The molecule has 1 saturated heterocycles. The molecule has 0 unspecified atom stereocenters. The van der Waals surface area contributed by atoms with Gasteiger partial charge in [0, 0.05) is 32.3 Å². The molecule has 1 fully saturated rings. The van der Waals surface area contributed by atoms with Crippen LogP contribution in [0.5, 0.6) is 0 Å². The Labute approximate surface area is 205 Å². The van der Waals surface area contributed by atoms with Crippen LogP contribution >= 0.6 is 11.3 Å². The van der Waals surface area contributed by atoms with Crippen LogP contribution < -0.4 is 15.5 Å². The zero-order chi connectivity index (χ0) is 24.9. The summed E-state index contributed by atoms with van der Waals surface area (Å²) < 4.78 is 0. The molecule has 1 aromatic carbocycles. The lowest BCUT2D eigenvalue weighted by Gasteiger charge is -2.32. The first-order valence-corrected chi connectivity index (χ1v) is 11.9. The van der Waals surface area contributed by atoms with Gasteiger partial charge in [-0.2, -0.15) is 9.97 Å². The highest BCUT2D eigenvalue weighted by Gasteiger charge is 2.21. The van der Waals surface area contributed by atoms with Crippen LogP contribution in [0.25, 0.3) is 0 Å². The van der Waals surface area contributed by atoms with Gasteiger partial charge in [0.25, 0.3) is 0 Å². The van der Waals surface area contributed by atoms with E-state index in [1.165, 1.54) is 0 Å². The molecule has 12 heteroatoms. The molecule has 0 bridgehead atoms. The average molecular weight is 499 g/mol. The fourth-order valence-corrected chi connectivity index (χ4v) is 4.59. The molecule has 3 aromatic rings. The number of thiazole rings is 1. The van der Waals surface area contributed by atoms with Crippen molar-refractivity contribution in [3.8, 4) is 0 Å². The largest absolute Gasteiger partial charge is 0.478 e. The van der Waals surface area contributed by atoms with E-state index in [9.17, 15) is 19.8 Å². The van der Waals surface area contributed by atoms with Crippen molar-refractivity contribution >= 4 is 46.0 Å². The Balaban J connectivity index is 1.56. The molecule has 35 heavy (non-hydrogen) atoms. The molecule has 0 spiro atoms. The van der Waals surface area contributed by atoms with Crippen LogP contribution in [0.1, 0.15) is 44.1 Å². The Bertz CT molecular complexity index is 1210. The molecular weight excluding hydrogens is 472 g/mol. The number of aliphatic hydroxyl groups excluding tert-OH is 1. The van der Waals surface area contributed by atoms with Gasteiger partial charge in [0.05, 0.1) is 11.3 Å². The van der Waals surface area contributed by atoms with Crippen molar-refractivity contribution in [2.24, 2.45) is 5.92 Å². The van der Waals surface area contributed by atoms with Crippen molar-refractivity contribution in [3.05, 3.63) is 52.0 Å². The topological polar surface area (TPSA) is 161 Å². The number of benzene rings is 1. The van der Waals surface area contributed by atoms with Crippen LogP contribution in [0.3, 0.4) is 0 Å². The molecule has 0 aliphatic carbocycles. The Kier molecular flexibility index (Phi) is 7.42. The molecule has 2 aromatic heterocycles. The van der Waals surface area contributed by atoms with Crippen molar-refractivity contribution < 1.29 is 24.9 Å². The third-order valence-corrected chi connectivity index (χ3v) is 6.85. The number of hydrogen-bond donors (Lipinski definition) is 5. The number of aromatic nitrogens is 3. The Morgan fingerprint density at radius 2 is 1.80 bits per heavy atom. The van der Waals surface area contributed by atoms with E-state index in [0.29, 0.717) is 29.0 Å². The van der Waals surface area contributed by atoms with E-state index >= 15 is 0 Å². The van der Waals surface area contributed by atoms with Crippen molar-refractivity contribution in [3.63, 3.8) is 0 Å². The summed E-state index contributed by atoms with van der Waals surface area (Å²) in [5, 5.41) is 34.5. The van der Waals surface area contributed by atoms with Gasteiger partial charge < -0.3 is 25.5 Å². The lowest BCUT2D eigenvalue weighted by Crippen LogP contribution is -2.35. The number of nitrogens with one attached hydrogen (secondary N) is 2. The number of anilines is 4. The maximum atomic E-state index is 11.4. The van der Waals surface area contributed by atoms with E-state index in [-0.39, 0.29) is 28.9 Å². The molecule has 0 amide bonds. The molecule has 184 valence electrons. The predicted molar refractivity (Wildman–Crippen MR) is 132 cm³/mol. The second-order valence-corrected chi connectivity index (χ2v) is 9.27. The SMILES string of the molecule is Cc1nc(Nc2nc(NCc3ccc(C(=O)O)cc3)cc(N3CCC(CO)CC3)n2)sc1C(=O)O. The van der Waals surface area contributed by atoms with Crippen molar-refractivity contribution in [2.75, 3.05) is 35.2 Å². The summed E-state index contributed by atoms with van der Waals surface area (Å²) in [4.78, 5) is 38.2. The van der Waals surface area contributed by atoms with Crippen LogP contribution in [-0.4, -0.2) is 61.9 Å². The highest BCUT2D eigenvalue weighted by Crippen LogP contribution is 2.28. The number of nitrogens with zero attached hydrogens (tertiary/aromatic N) is 4. The van der Waals surface area contributed by atoms with Crippen LogP contribution in [0.2, 0.25) is 0 Å². The molecule has 0 saturated carbocycles. The quantitative estimate of drug-likeness (QED) is 0.295. The number of carboxylic acid groups (broad SMARTS) is 2. The van der Waals surface area contributed by atoms with Gasteiger partial charge >= 0.3 is 11.9 Å². The van der Waals surface area contributed by atoms with E-state index in [1.807, 2.05) is 6.07 Å². The second-order valence-electron chi connectivity index (χ2n) is 8.27. The van der Waals surface area contributed by atoms with Gasteiger partial charge in [0.1, 0.15) is 16.5 Å². The van der Waals surface area contributed by atoms with Crippen LogP contribution in [0.4, 0.5) is 22.7 Å². The summed E-state index contributed by atoms with van der Waals surface area (Å²) in [6.07, 6.45) is 1.71. The first-order valence-electron chi connectivity index (χ1n) is 11.1. The molecule has 1 aliphatic rings. The van der Waals surface area contributed by atoms with Crippen LogP contribution in [-0.2, 0) is 6.54 Å². The lowest BCUT2D eigenvalue weighted by molar-refractivity contribution is 0.0688. The monoisotopic (exact) mass is 498 g/mol. The molecule has 5 N–H and O–H groups in total. The zero-order valence-electron chi connectivity index (χ0n) is 19.1. The maximum Gasteiger partial charge on any atom is 0.347 e. The first kappa shape index (κ1) is 24.4. The minimum absolute atomic E-state index is 0.151. The number of piperidine rings is 1. The van der Waals surface area contributed by atoms with Crippen molar-refractivity contribution in [1.82, 2.24) is 15.0 Å². The van der Waals surface area contributed by atoms with Gasteiger partial charge in [-0.25, -0.2) is 14.6 Å². The summed E-state index contributed by atoms with van der Waals surface area (Å²) in [6.45, 7) is 3.72. The van der Waals surface area contributed by atoms with Gasteiger partial charge in [-0.15, -0.1) is 0 Å². The average Bonchev–Trinajstić information content (AvgIpc) is 3.23. The van der Waals surface area contributed by atoms with Crippen molar-refractivity contribution in [1.29, 1.82) is 0 Å². The van der Waals surface area contributed by atoms with Crippen LogP contribution in [0.15, 0.2) is 30.3 Å². The third kappa shape index (κ3) is 6.03. The Morgan fingerprint density at radius 1 is 1.09 bits per heavy atom. The van der Waals surface area contributed by atoms with Crippen molar-refractivity contribution in [2.45, 2.75) is 26.3 Å². The number of aryl methyl sites for hydroxylation is 1. The number of aromatic carboxylic acids is 2. The van der Waals surface area contributed by atoms with E-state index < -0.39 is 11.9 Å². The van der Waals surface area contributed by atoms with E-state index in [1.54, 1.807) is 31.2 Å². The minimum Gasteiger partial charge on any atom is -0.478 e. The van der Waals surface area contributed by atoms with E-state index in [0.717, 1.165) is 42.8 Å².